The summed E-state index contributed by atoms with van der Waals surface area (Å²) in [5, 5.41) is 3.99. The zero-order valence-corrected chi connectivity index (χ0v) is 10.2. The Bertz CT molecular complexity index is 505. The second-order valence-corrected chi connectivity index (χ2v) is 5.68. The quantitative estimate of drug-likeness (QED) is 0.750. The van der Waals surface area contributed by atoms with Crippen molar-refractivity contribution in [2.75, 3.05) is 0 Å². The molecular formula is C10H15FN2O2S. The summed E-state index contributed by atoms with van der Waals surface area (Å²) in [4.78, 5) is 0. The lowest BCUT2D eigenvalue weighted by atomic mass is 9.98. The smallest absolute Gasteiger partial charge is 0.249 e. The second kappa shape index (κ2) is 3.84. The summed E-state index contributed by atoms with van der Waals surface area (Å²) in [6.45, 7) is 3.60. The van der Waals surface area contributed by atoms with Crippen LogP contribution in [0.15, 0.2) is 5.03 Å². The van der Waals surface area contributed by atoms with Gasteiger partial charge < -0.3 is 0 Å². The lowest BCUT2D eigenvalue weighted by Gasteiger charge is -2.10. The Labute approximate surface area is 94.7 Å². The van der Waals surface area contributed by atoms with E-state index in [4.69, 9.17) is 0 Å². The van der Waals surface area contributed by atoms with Crippen LogP contribution in [0, 0.1) is 0 Å². The van der Waals surface area contributed by atoms with Crippen molar-refractivity contribution in [3.63, 3.8) is 0 Å². The Morgan fingerprint density at radius 3 is 2.50 bits per heavy atom. The van der Waals surface area contributed by atoms with Gasteiger partial charge in [-0.05, 0) is 39.5 Å². The first-order valence-electron chi connectivity index (χ1n) is 5.46. The average Bonchev–Trinajstić information content (AvgIpc) is 2.55. The van der Waals surface area contributed by atoms with E-state index >= 15 is 0 Å². The van der Waals surface area contributed by atoms with E-state index in [1.807, 2.05) is 0 Å². The van der Waals surface area contributed by atoms with Crippen LogP contribution >= 0.6 is 0 Å². The number of hydrogen-bond donors (Lipinski definition) is 0. The van der Waals surface area contributed by atoms with E-state index in [9.17, 15) is 12.3 Å². The van der Waals surface area contributed by atoms with Crippen molar-refractivity contribution in [2.45, 2.75) is 50.6 Å². The van der Waals surface area contributed by atoms with Crippen molar-refractivity contribution in [2.24, 2.45) is 0 Å². The first-order valence-corrected chi connectivity index (χ1v) is 6.84. The van der Waals surface area contributed by atoms with E-state index in [-0.39, 0.29) is 11.1 Å². The third-order valence-corrected chi connectivity index (χ3v) is 3.75. The lowest BCUT2D eigenvalue weighted by molar-refractivity contribution is 0.463. The predicted molar refractivity (Wildman–Crippen MR) is 57.5 cm³/mol. The molecule has 0 atom stereocenters. The topological polar surface area (TPSA) is 52.0 Å². The molecule has 0 aliphatic heterocycles. The first kappa shape index (κ1) is 11.6. The number of nitrogens with zero attached hydrogens (tertiary/aromatic N) is 2. The molecule has 16 heavy (non-hydrogen) atoms. The molecule has 1 heterocycles. The van der Waals surface area contributed by atoms with E-state index in [0.717, 1.165) is 25.0 Å². The van der Waals surface area contributed by atoms with Crippen LogP contribution in [0.4, 0.5) is 3.89 Å². The fourth-order valence-electron chi connectivity index (χ4n) is 2.15. The molecule has 1 aromatic rings. The number of aromatic nitrogens is 2. The van der Waals surface area contributed by atoms with Gasteiger partial charge in [-0.15, -0.1) is 0 Å². The van der Waals surface area contributed by atoms with Crippen LogP contribution in [0.25, 0.3) is 0 Å². The Hall–Kier alpha value is -0.910. The molecule has 0 aromatic carbocycles. The fraction of sp³-hybridized carbons (Fsp3) is 0.700. The van der Waals surface area contributed by atoms with Gasteiger partial charge in [0.15, 0.2) is 5.03 Å². The van der Waals surface area contributed by atoms with Crippen molar-refractivity contribution in [3.8, 4) is 0 Å². The predicted octanol–water partition coefficient (Wildman–Crippen LogP) is 2.00. The fourth-order valence-corrected chi connectivity index (χ4v) is 3.14. The van der Waals surface area contributed by atoms with Gasteiger partial charge in [0.1, 0.15) is 0 Å². The van der Waals surface area contributed by atoms with Gasteiger partial charge in [-0.2, -0.15) is 13.5 Å². The van der Waals surface area contributed by atoms with Crippen LogP contribution in [0.2, 0.25) is 0 Å². The van der Waals surface area contributed by atoms with Crippen molar-refractivity contribution in [3.05, 3.63) is 11.3 Å². The number of rotatable bonds is 2. The van der Waals surface area contributed by atoms with Crippen LogP contribution in [0.1, 0.15) is 44.0 Å². The molecule has 0 saturated heterocycles. The van der Waals surface area contributed by atoms with E-state index in [2.05, 4.69) is 5.10 Å². The molecule has 0 N–H and O–H groups in total. The molecule has 0 amide bonds. The maximum Gasteiger partial charge on any atom is 0.349 e. The van der Waals surface area contributed by atoms with E-state index in [1.54, 1.807) is 13.8 Å². The second-order valence-electron chi connectivity index (χ2n) is 4.41. The van der Waals surface area contributed by atoms with E-state index in [1.165, 1.54) is 4.68 Å². The van der Waals surface area contributed by atoms with Crippen molar-refractivity contribution >= 4 is 10.2 Å². The maximum atomic E-state index is 13.3. The van der Waals surface area contributed by atoms with Crippen molar-refractivity contribution in [1.82, 2.24) is 9.78 Å². The van der Waals surface area contributed by atoms with Crippen molar-refractivity contribution in [1.29, 1.82) is 0 Å². The third kappa shape index (κ3) is 1.86. The summed E-state index contributed by atoms with van der Waals surface area (Å²) in [5.41, 5.74) is 1.33. The van der Waals surface area contributed by atoms with Gasteiger partial charge in [-0.3, -0.25) is 0 Å². The zero-order chi connectivity index (χ0) is 11.9. The number of fused-ring (bicyclic) bond motifs is 1. The van der Waals surface area contributed by atoms with Crippen LogP contribution in [0.3, 0.4) is 0 Å². The van der Waals surface area contributed by atoms with E-state index < -0.39 is 10.2 Å². The molecule has 90 valence electrons. The summed E-state index contributed by atoms with van der Waals surface area (Å²) in [6.07, 6.45) is 3.26. The molecule has 4 nitrogen and oxygen atoms in total. The Morgan fingerprint density at radius 1 is 1.31 bits per heavy atom. The molecule has 0 radical (unpaired) electrons. The SMILES string of the molecule is CC(C)n1nc2c(c1S(=O)(=O)F)CCCC2. The van der Waals surface area contributed by atoms with Crippen LogP contribution in [-0.4, -0.2) is 18.2 Å². The molecule has 0 bridgehead atoms. The van der Waals surface area contributed by atoms with Gasteiger partial charge in [0.2, 0.25) is 0 Å². The highest BCUT2D eigenvalue weighted by Crippen LogP contribution is 2.30. The highest BCUT2D eigenvalue weighted by Gasteiger charge is 2.30. The van der Waals surface area contributed by atoms with Gasteiger partial charge in [0.05, 0.1) is 5.69 Å². The number of aryl methyl sites for hydroxylation is 1. The van der Waals surface area contributed by atoms with Gasteiger partial charge >= 0.3 is 10.2 Å². The molecule has 1 aliphatic rings. The minimum atomic E-state index is -4.68. The summed E-state index contributed by atoms with van der Waals surface area (Å²) < 4.78 is 36.9. The standard InChI is InChI=1S/C10H15FN2O2S/c1-7(2)13-10(16(11,14)15)8-5-3-4-6-9(8)12-13/h7H,3-6H2,1-2H3. The maximum absolute atomic E-state index is 13.3. The van der Waals surface area contributed by atoms with E-state index in [0.29, 0.717) is 12.0 Å². The van der Waals surface area contributed by atoms with Crippen LogP contribution in [-0.2, 0) is 23.1 Å². The van der Waals surface area contributed by atoms with Crippen LogP contribution in [0.5, 0.6) is 0 Å². The summed E-state index contributed by atoms with van der Waals surface area (Å²) in [5.74, 6) is 0. The lowest BCUT2D eigenvalue weighted by Crippen LogP contribution is -2.11. The number of halogens is 1. The highest BCUT2D eigenvalue weighted by molar-refractivity contribution is 7.86. The summed E-state index contributed by atoms with van der Waals surface area (Å²) >= 11 is 0. The highest BCUT2D eigenvalue weighted by atomic mass is 32.3. The molecule has 0 unspecified atom stereocenters. The Morgan fingerprint density at radius 2 is 1.94 bits per heavy atom. The average molecular weight is 246 g/mol. The monoisotopic (exact) mass is 246 g/mol. The Kier molecular flexibility index (Phi) is 2.77. The van der Waals surface area contributed by atoms with Gasteiger partial charge in [0.25, 0.3) is 0 Å². The first-order chi connectivity index (χ1) is 7.41. The zero-order valence-electron chi connectivity index (χ0n) is 9.40. The molecule has 1 aromatic heterocycles. The largest absolute Gasteiger partial charge is 0.349 e. The molecule has 0 spiro atoms. The Balaban J connectivity index is 2.67. The van der Waals surface area contributed by atoms with Gasteiger partial charge in [-0.25, -0.2) is 4.68 Å². The van der Waals surface area contributed by atoms with Crippen LogP contribution < -0.4 is 0 Å². The molecular weight excluding hydrogens is 231 g/mol. The molecule has 6 heteroatoms. The minimum absolute atomic E-state index is 0.147. The third-order valence-electron chi connectivity index (χ3n) is 2.85. The number of hydrogen-bond acceptors (Lipinski definition) is 3. The molecule has 2 rings (SSSR count). The van der Waals surface area contributed by atoms with Crippen molar-refractivity contribution < 1.29 is 12.3 Å². The molecule has 0 fully saturated rings. The van der Waals surface area contributed by atoms with Gasteiger partial charge in [0, 0.05) is 11.6 Å². The molecule has 1 aliphatic carbocycles. The summed E-state index contributed by atoms with van der Waals surface area (Å²) in [6, 6.07) is -0.147. The molecule has 0 saturated carbocycles. The normalized spacial score (nSPS) is 16.5. The van der Waals surface area contributed by atoms with Gasteiger partial charge in [-0.1, -0.05) is 3.89 Å². The summed E-state index contributed by atoms with van der Waals surface area (Å²) in [7, 11) is -4.68. The minimum Gasteiger partial charge on any atom is -0.249 e.